The SMILES string of the molecule is Cc1cccc(CCCNC(=O)CSCc2ccc([N+](=O)[O-])cc2)c1. The summed E-state index contributed by atoms with van der Waals surface area (Å²) in [7, 11) is 0. The highest BCUT2D eigenvalue weighted by Crippen LogP contribution is 2.16. The van der Waals surface area contributed by atoms with Gasteiger partial charge in [-0.3, -0.25) is 14.9 Å². The van der Waals surface area contributed by atoms with Crippen molar-refractivity contribution in [3.63, 3.8) is 0 Å². The fraction of sp³-hybridized carbons (Fsp3) is 0.316. The van der Waals surface area contributed by atoms with E-state index in [9.17, 15) is 14.9 Å². The molecule has 0 heterocycles. The predicted octanol–water partition coefficient (Wildman–Crippen LogP) is 3.89. The van der Waals surface area contributed by atoms with E-state index in [0.717, 1.165) is 18.4 Å². The molecule has 0 bridgehead atoms. The van der Waals surface area contributed by atoms with Crippen molar-refractivity contribution in [2.45, 2.75) is 25.5 Å². The molecule has 0 atom stereocenters. The molecule has 0 aliphatic heterocycles. The van der Waals surface area contributed by atoms with Crippen LogP contribution in [-0.4, -0.2) is 23.1 Å². The number of nitro groups is 1. The van der Waals surface area contributed by atoms with Gasteiger partial charge in [0, 0.05) is 24.4 Å². The molecule has 0 fully saturated rings. The smallest absolute Gasteiger partial charge is 0.269 e. The second kappa shape index (κ2) is 9.84. The van der Waals surface area contributed by atoms with Gasteiger partial charge in [-0.05, 0) is 30.9 Å². The summed E-state index contributed by atoms with van der Waals surface area (Å²) in [5.74, 6) is 1.08. The fourth-order valence-corrected chi connectivity index (χ4v) is 3.23. The third-order valence-electron chi connectivity index (χ3n) is 3.70. The molecule has 0 unspecified atom stereocenters. The summed E-state index contributed by atoms with van der Waals surface area (Å²) in [6.45, 7) is 2.75. The number of aryl methyl sites for hydroxylation is 2. The molecular weight excluding hydrogens is 336 g/mol. The quantitative estimate of drug-likeness (QED) is 0.419. The van der Waals surface area contributed by atoms with Crippen LogP contribution in [0.4, 0.5) is 5.69 Å². The van der Waals surface area contributed by atoms with Gasteiger partial charge in [-0.1, -0.05) is 42.0 Å². The maximum absolute atomic E-state index is 11.8. The Morgan fingerprint density at radius 2 is 1.92 bits per heavy atom. The molecular formula is C19H22N2O3S. The first-order valence-corrected chi connectivity index (χ1v) is 9.33. The summed E-state index contributed by atoms with van der Waals surface area (Å²) < 4.78 is 0. The van der Waals surface area contributed by atoms with E-state index in [1.165, 1.54) is 35.0 Å². The van der Waals surface area contributed by atoms with E-state index in [0.29, 0.717) is 18.1 Å². The monoisotopic (exact) mass is 358 g/mol. The zero-order valence-electron chi connectivity index (χ0n) is 14.2. The summed E-state index contributed by atoms with van der Waals surface area (Å²) in [4.78, 5) is 22.0. The Hall–Kier alpha value is -2.34. The van der Waals surface area contributed by atoms with Gasteiger partial charge in [0.25, 0.3) is 5.69 Å². The number of rotatable bonds is 9. The standard InChI is InChI=1S/C19H22N2O3S/c1-15-4-2-5-16(12-15)6-3-11-20-19(22)14-25-13-17-7-9-18(10-8-17)21(23)24/h2,4-5,7-10,12H,3,6,11,13-14H2,1H3,(H,20,22). The van der Waals surface area contributed by atoms with Crippen LogP contribution in [0, 0.1) is 17.0 Å². The van der Waals surface area contributed by atoms with Gasteiger partial charge in [0.2, 0.25) is 5.91 Å². The second-order valence-electron chi connectivity index (χ2n) is 5.86. The minimum atomic E-state index is -0.416. The summed E-state index contributed by atoms with van der Waals surface area (Å²) in [6.07, 6.45) is 1.88. The van der Waals surface area contributed by atoms with Gasteiger partial charge in [0.15, 0.2) is 0 Å². The minimum absolute atomic E-state index is 0.0242. The molecule has 1 amide bonds. The van der Waals surface area contributed by atoms with Crippen molar-refractivity contribution in [1.29, 1.82) is 0 Å². The van der Waals surface area contributed by atoms with Crippen LogP contribution in [0.15, 0.2) is 48.5 Å². The third kappa shape index (κ3) is 6.97. The minimum Gasteiger partial charge on any atom is -0.355 e. The first kappa shape index (κ1) is 19.0. The number of nitro benzene ring substituents is 1. The van der Waals surface area contributed by atoms with E-state index in [-0.39, 0.29) is 11.6 Å². The van der Waals surface area contributed by atoms with E-state index in [4.69, 9.17) is 0 Å². The molecule has 0 saturated heterocycles. The molecule has 0 aliphatic carbocycles. The molecule has 0 aliphatic rings. The summed E-state index contributed by atoms with van der Waals surface area (Å²) >= 11 is 1.50. The Kier molecular flexibility index (Phi) is 7.47. The first-order chi connectivity index (χ1) is 12.0. The Morgan fingerprint density at radius 1 is 1.16 bits per heavy atom. The Bertz CT molecular complexity index is 717. The van der Waals surface area contributed by atoms with E-state index < -0.39 is 4.92 Å². The van der Waals surface area contributed by atoms with Crippen LogP contribution in [-0.2, 0) is 17.0 Å². The van der Waals surface area contributed by atoms with Crippen molar-refractivity contribution in [2.24, 2.45) is 0 Å². The Balaban J connectivity index is 1.60. The number of hydrogen-bond acceptors (Lipinski definition) is 4. The molecule has 1 N–H and O–H groups in total. The molecule has 132 valence electrons. The molecule has 2 rings (SSSR count). The molecule has 25 heavy (non-hydrogen) atoms. The molecule has 2 aromatic carbocycles. The normalized spacial score (nSPS) is 10.4. The third-order valence-corrected chi connectivity index (χ3v) is 4.70. The van der Waals surface area contributed by atoms with E-state index >= 15 is 0 Å². The highest BCUT2D eigenvalue weighted by atomic mass is 32.2. The number of carbonyl (C=O) groups excluding carboxylic acids is 1. The topological polar surface area (TPSA) is 72.2 Å². The molecule has 0 spiro atoms. The van der Waals surface area contributed by atoms with Crippen LogP contribution in [0.25, 0.3) is 0 Å². The molecule has 0 radical (unpaired) electrons. The number of thioether (sulfide) groups is 1. The van der Waals surface area contributed by atoms with Crippen LogP contribution in [0.3, 0.4) is 0 Å². The number of nitrogens with one attached hydrogen (secondary N) is 1. The lowest BCUT2D eigenvalue weighted by Crippen LogP contribution is -2.26. The van der Waals surface area contributed by atoms with Crippen LogP contribution >= 0.6 is 11.8 Å². The lowest BCUT2D eigenvalue weighted by Gasteiger charge is -2.06. The zero-order chi connectivity index (χ0) is 18.1. The highest BCUT2D eigenvalue weighted by Gasteiger charge is 2.05. The van der Waals surface area contributed by atoms with Crippen molar-refractivity contribution in [3.05, 3.63) is 75.3 Å². The van der Waals surface area contributed by atoms with Crippen LogP contribution in [0.5, 0.6) is 0 Å². The van der Waals surface area contributed by atoms with Crippen molar-refractivity contribution in [3.8, 4) is 0 Å². The van der Waals surface area contributed by atoms with Gasteiger partial charge < -0.3 is 5.32 Å². The average Bonchev–Trinajstić information content (AvgIpc) is 2.59. The lowest BCUT2D eigenvalue weighted by molar-refractivity contribution is -0.384. The predicted molar refractivity (Wildman–Crippen MR) is 102 cm³/mol. The number of amides is 1. The zero-order valence-corrected chi connectivity index (χ0v) is 15.1. The Morgan fingerprint density at radius 3 is 2.60 bits per heavy atom. The van der Waals surface area contributed by atoms with Crippen LogP contribution in [0.1, 0.15) is 23.1 Å². The first-order valence-electron chi connectivity index (χ1n) is 8.18. The van der Waals surface area contributed by atoms with Crippen molar-refractivity contribution in [1.82, 2.24) is 5.32 Å². The second-order valence-corrected chi connectivity index (χ2v) is 6.84. The number of non-ortho nitro benzene ring substituents is 1. The van der Waals surface area contributed by atoms with Crippen LogP contribution in [0.2, 0.25) is 0 Å². The number of hydrogen-bond donors (Lipinski definition) is 1. The number of carbonyl (C=O) groups is 1. The van der Waals surface area contributed by atoms with Crippen molar-refractivity contribution >= 4 is 23.4 Å². The van der Waals surface area contributed by atoms with Gasteiger partial charge in [-0.15, -0.1) is 11.8 Å². The van der Waals surface area contributed by atoms with Gasteiger partial charge in [0.05, 0.1) is 10.7 Å². The van der Waals surface area contributed by atoms with E-state index in [1.54, 1.807) is 12.1 Å². The maximum atomic E-state index is 11.8. The van der Waals surface area contributed by atoms with Gasteiger partial charge >= 0.3 is 0 Å². The van der Waals surface area contributed by atoms with E-state index in [1.807, 2.05) is 0 Å². The summed E-state index contributed by atoms with van der Waals surface area (Å²) in [5, 5.41) is 13.5. The molecule has 6 heteroatoms. The van der Waals surface area contributed by atoms with Crippen molar-refractivity contribution in [2.75, 3.05) is 12.3 Å². The number of nitrogens with zero attached hydrogens (tertiary/aromatic N) is 1. The van der Waals surface area contributed by atoms with Crippen molar-refractivity contribution < 1.29 is 9.72 Å². The molecule has 0 saturated carbocycles. The number of benzene rings is 2. The summed E-state index contributed by atoms with van der Waals surface area (Å²) in [5.41, 5.74) is 3.61. The molecule has 2 aromatic rings. The molecule has 0 aromatic heterocycles. The van der Waals surface area contributed by atoms with Gasteiger partial charge in [0.1, 0.15) is 0 Å². The molecule has 5 nitrogen and oxygen atoms in total. The Labute approximate surface area is 152 Å². The highest BCUT2D eigenvalue weighted by molar-refractivity contribution is 7.99. The van der Waals surface area contributed by atoms with Crippen LogP contribution < -0.4 is 5.32 Å². The van der Waals surface area contributed by atoms with E-state index in [2.05, 4.69) is 36.5 Å². The lowest BCUT2D eigenvalue weighted by atomic mass is 10.1. The fourth-order valence-electron chi connectivity index (χ4n) is 2.41. The average molecular weight is 358 g/mol. The summed E-state index contributed by atoms with van der Waals surface area (Å²) in [6, 6.07) is 14.8. The van der Waals surface area contributed by atoms with Gasteiger partial charge in [-0.2, -0.15) is 0 Å². The van der Waals surface area contributed by atoms with Gasteiger partial charge in [-0.25, -0.2) is 0 Å². The largest absolute Gasteiger partial charge is 0.355 e. The maximum Gasteiger partial charge on any atom is 0.269 e.